The lowest BCUT2D eigenvalue weighted by atomic mass is 9.49. The van der Waals surface area contributed by atoms with Gasteiger partial charge in [-0.25, -0.2) is 0 Å². The zero-order chi connectivity index (χ0) is 21.0. The first-order chi connectivity index (χ1) is 13.6. The Morgan fingerprint density at radius 1 is 1.10 bits per heavy atom. The molecule has 0 N–H and O–H groups in total. The van der Waals surface area contributed by atoms with E-state index >= 15 is 0 Å². The quantitative estimate of drug-likeness (QED) is 0.639. The fourth-order valence-electron chi connectivity index (χ4n) is 6.68. The van der Waals surface area contributed by atoms with Crippen LogP contribution < -0.4 is 0 Å². The van der Waals surface area contributed by atoms with Gasteiger partial charge in [-0.15, -0.1) is 0 Å². The molecule has 3 nitrogen and oxygen atoms in total. The Bertz CT molecular complexity index is 793. The molecule has 2 unspecified atom stereocenters. The van der Waals surface area contributed by atoms with Crippen molar-refractivity contribution in [3.63, 3.8) is 0 Å². The first-order valence-corrected chi connectivity index (χ1v) is 10.6. The molecule has 0 aromatic heterocycles. The van der Waals surface area contributed by atoms with E-state index in [1.165, 1.54) is 0 Å². The summed E-state index contributed by atoms with van der Waals surface area (Å²) in [6.07, 6.45) is -1.54. The van der Waals surface area contributed by atoms with Crippen LogP contribution >= 0.6 is 0 Å². The highest BCUT2D eigenvalue weighted by atomic mass is 19.4. The molecule has 2 saturated carbocycles. The number of halogens is 3. The third-order valence-corrected chi connectivity index (χ3v) is 8.10. The van der Waals surface area contributed by atoms with Gasteiger partial charge in [0.05, 0.1) is 5.92 Å². The van der Waals surface area contributed by atoms with Crippen LogP contribution in [-0.4, -0.2) is 35.9 Å². The number of likely N-dealkylation sites (tertiary alicyclic amines) is 1. The van der Waals surface area contributed by atoms with Crippen LogP contribution in [0.15, 0.2) is 30.3 Å². The number of piperidine rings is 1. The summed E-state index contributed by atoms with van der Waals surface area (Å²) in [5.41, 5.74) is 0.146. The summed E-state index contributed by atoms with van der Waals surface area (Å²) in [5, 5.41) is 0. The maximum Gasteiger partial charge on any atom is 0.392 e. The molecule has 6 heteroatoms. The van der Waals surface area contributed by atoms with E-state index in [0.717, 1.165) is 0 Å². The molecule has 3 aliphatic rings. The number of rotatable bonds is 2. The first-order valence-electron chi connectivity index (χ1n) is 10.6. The van der Waals surface area contributed by atoms with Crippen molar-refractivity contribution < 1.29 is 22.8 Å². The van der Waals surface area contributed by atoms with Crippen LogP contribution in [0.1, 0.15) is 55.8 Å². The number of alkyl halides is 3. The minimum absolute atomic E-state index is 0.00607. The van der Waals surface area contributed by atoms with Crippen molar-refractivity contribution in [1.82, 2.24) is 4.90 Å². The lowest BCUT2D eigenvalue weighted by molar-refractivity contribution is -0.213. The van der Waals surface area contributed by atoms with E-state index in [-0.39, 0.29) is 41.4 Å². The number of Topliss-reactive ketones (excluding diaryl/α,β-unsaturated/α-hetero) is 1. The van der Waals surface area contributed by atoms with Crippen molar-refractivity contribution in [2.75, 3.05) is 7.05 Å². The molecule has 1 aromatic rings. The fourth-order valence-corrected chi connectivity index (χ4v) is 6.68. The molecule has 1 amide bonds. The van der Waals surface area contributed by atoms with Crippen molar-refractivity contribution in [2.45, 2.75) is 57.7 Å². The van der Waals surface area contributed by atoms with Gasteiger partial charge in [0.25, 0.3) is 0 Å². The molecule has 1 heterocycles. The molecular weight excluding hydrogens is 379 g/mol. The highest BCUT2D eigenvalue weighted by Crippen LogP contribution is 2.60. The third kappa shape index (κ3) is 3.28. The van der Waals surface area contributed by atoms with Crippen LogP contribution in [0.2, 0.25) is 0 Å². The average Bonchev–Trinajstić information content (AvgIpc) is 2.69. The number of benzene rings is 1. The van der Waals surface area contributed by atoms with E-state index in [1.807, 2.05) is 11.9 Å². The molecular formula is C23H28F3NO2. The number of carbonyl (C=O) groups is 2. The normalized spacial score (nSPS) is 37.6. The van der Waals surface area contributed by atoms with E-state index in [0.29, 0.717) is 37.7 Å². The lowest BCUT2D eigenvalue weighted by Crippen LogP contribution is -2.61. The minimum Gasteiger partial charge on any atom is -0.342 e. The molecule has 1 aliphatic heterocycles. The molecule has 0 radical (unpaired) electrons. The smallest absolute Gasteiger partial charge is 0.342 e. The number of hydrogen-bond donors (Lipinski definition) is 0. The van der Waals surface area contributed by atoms with Gasteiger partial charge >= 0.3 is 6.18 Å². The number of ketones is 1. The SMILES string of the molecule is CN1C(=O)CC[C@]2(C)[C@H]3CC[C@H](C(F)(F)F)C(C(=O)c4ccccc4)C3CC[C@@H]12. The van der Waals surface area contributed by atoms with Gasteiger partial charge in [0.1, 0.15) is 0 Å². The second-order valence-electron chi connectivity index (χ2n) is 9.36. The Morgan fingerprint density at radius 2 is 1.79 bits per heavy atom. The van der Waals surface area contributed by atoms with Gasteiger partial charge in [-0.05, 0) is 49.4 Å². The van der Waals surface area contributed by atoms with Crippen LogP contribution in [0.3, 0.4) is 0 Å². The summed E-state index contributed by atoms with van der Waals surface area (Å²) >= 11 is 0. The maximum atomic E-state index is 14.0. The van der Waals surface area contributed by atoms with Crippen molar-refractivity contribution in [3.05, 3.63) is 35.9 Å². The summed E-state index contributed by atoms with van der Waals surface area (Å²) in [5.74, 6) is -3.12. The Balaban J connectivity index is 1.72. The van der Waals surface area contributed by atoms with E-state index in [2.05, 4.69) is 6.92 Å². The molecule has 0 bridgehead atoms. The summed E-state index contributed by atoms with van der Waals surface area (Å²) in [4.78, 5) is 27.4. The van der Waals surface area contributed by atoms with Crippen molar-refractivity contribution >= 4 is 11.7 Å². The predicted molar refractivity (Wildman–Crippen MR) is 103 cm³/mol. The van der Waals surface area contributed by atoms with Gasteiger partial charge in [0.15, 0.2) is 5.78 Å². The zero-order valence-corrected chi connectivity index (χ0v) is 16.9. The van der Waals surface area contributed by atoms with Gasteiger partial charge in [0, 0.05) is 31.0 Å². The Morgan fingerprint density at radius 3 is 2.45 bits per heavy atom. The van der Waals surface area contributed by atoms with Gasteiger partial charge in [-0.3, -0.25) is 9.59 Å². The van der Waals surface area contributed by atoms with Crippen LogP contribution in [0, 0.1) is 29.1 Å². The Kier molecular flexibility index (Phi) is 5.02. The standard InChI is InChI=1S/C23H28F3NO2/c1-22-13-12-19(28)27(2)18(22)11-8-15-16(22)9-10-17(23(24,25)26)20(15)21(29)14-6-4-3-5-7-14/h3-7,15-18,20H,8-13H2,1-2H3/t15?,16-,17-,18+,20?,22+/m0/s1. The van der Waals surface area contributed by atoms with E-state index in [1.54, 1.807) is 30.3 Å². The molecule has 4 rings (SSSR count). The second kappa shape index (κ2) is 7.13. The van der Waals surface area contributed by atoms with Crippen LogP contribution in [0.4, 0.5) is 13.2 Å². The largest absolute Gasteiger partial charge is 0.392 e. The highest BCUT2D eigenvalue weighted by Gasteiger charge is 2.61. The molecule has 29 heavy (non-hydrogen) atoms. The van der Waals surface area contributed by atoms with Crippen LogP contribution in [0.5, 0.6) is 0 Å². The molecule has 3 fully saturated rings. The highest BCUT2D eigenvalue weighted by molar-refractivity contribution is 5.98. The lowest BCUT2D eigenvalue weighted by Gasteiger charge is -2.60. The topological polar surface area (TPSA) is 37.4 Å². The van der Waals surface area contributed by atoms with Gasteiger partial charge < -0.3 is 4.90 Å². The van der Waals surface area contributed by atoms with Crippen molar-refractivity contribution in [2.24, 2.45) is 29.1 Å². The van der Waals surface area contributed by atoms with E-state index < -0.39 is 18.0 Å². The monoisotopic (exact) mass is 407 g/mol. The summed E-state index contributed by atoms with van der Waals surface area (Å²) in [6.45, 7) is 2.13. The Hall–Kier alpha value is -1.85. The minimum atomic E-state index is -4.38. The summed E-state index contributed by atoms with van der Waals surface area (Å²) in [6, 6.07) is 8.48. The molecule has 2 aliphatic carbocycles. The number of hydrogen-bond acceptors (Lipinski definition) is 2. The fraction of sp³-hybridized carbons (Fsp3) is 0.652. The summed E-state index contributed by atoms with van der Waals surface area (Å²) < 4.78 is 41.9. The zero-order valence-electron chi connectivity index (χ0n) is 16.9. The second-order valence-corrected chi connectivity index (χ2v) is 9.36. The Labute approximate surface area is 169 Å². The number of fused-ring (bicyclic) bond motifs is 3. The van der Waals surface area contributed by atoms with E-state index in [9.17, 15) is 22.8 Å². The van der Waals surface area contributed by atoms with Gasteiger partial charge in [0.2, 0.25) is 5.91 Å². The maximum absolute atomic E-state index is 14.0. The predicted octanol–water partition coefficient (Wildman–Crippen LogP) is 5.11. The van der Waals surface area contributed by atoms with E-state index in [4.69, 9.17) is 0 Å². The number of carbonyl (C=O) groups excluding carboxylic acids is 2. The van der Waals surface area contributed by atoms with Crippen LogP contribution in [-0.2, 0) is 4.79 Å². The van der Waals surface area contributed by atoms with Crippen molar-refractivity contribution in [1.29, 1.82) is 0 Å². The third-order valence-electron chi connectivity index (χ3n) is 8.10. The molecule has 1 saturated heterocycles. The van der Waals surface area contributed by atoms with Gasteiger partial charge in [-0.2, -0.15) is 13.2 Å². The molecule has 6 atom stereocenters. The van der Waals surface area contributed by atoms with Gasteiger partial charge in [-0.1, -0.05) is 37.3 Å². The molecule has 0 spiro atoms. The number of nitrogens with zero attached hydrogens (tertiary/aromatic N) is 1. The summed E-state index contributed by atoms with van der Waals surface area (Å²) in [7, 11) is 1.82. The average molecular weight is 407 g/mol. The molecule has 158 valence electrons. The van der Waals surface area contributed by atoms with Crippen molar-refractivity contribution in [3.8, 4) is 0 Å². The first kappa shape index (κ1) is 20.4. The van der Waals surface area contributed by atoms with Crippen LogP contribution in [0.25, 0.3) is 0 Å². The number of amides is 1. The molecule has 1 aromatic carbocycles.